The molecule has 0 atom stereocenters. The van der Waals surface area contributed by atoms with E-state index >= 15 is 0 Å². The first-order valence-electron chi connectivity index (χ1n) is 8.14. The van der Waals surface area contributed by atoms with Crippen molar-refractivity contribution in [1.29, 1.82) is 0 Å². The van der Waals surface area contributed by atoms with Gasteiger partial charge in [-0.25, -0.2) is 0 Å². The average molecular weight is 294 g/mol. The van der Waals surface area contributed by atoms with Gasteiger partial charge in [-0.05, 0) is 53.5 Å². The number of piperazine rings is 1. The molecule has 0 amide bonds. The van der Waals surface area contributed by atoms with Crippen LogP contribution in [0, 0.1) is 0 Å². The second-order valence-electron chi connectivity index (χ2n) is 6.28. The number of rotatable bonds is 8. The minimum Gasteiger partial charge on any atom is -0.378 e. The van der Waals surface area contributed by atoms with Crippen LogP contribution in [-0.4, -0.2) is 86.6 Å². The van der Waals surface area contributed by atoms with E-state index in [1.54, 1.807) is 0 Å². The lowest BCUT2D eigenvalue weighted by atomic mass is 10.2. The smallest absolute Gasteiger partial charge is 0.0311 e. The molecule has 0 aromatic heterocycles. The zero-order valence-electron chi connectivity index (χ0n) is 14.7. The van der Waals surface area contributed by atoms with E-state index in [4.69, 9.17) is 0 Å². The summed E-state index contributed by atoms with van der Waals surface area (Å²) in [6, 6.07) is 0. The number of nitrogens with zero attached hydrogens (tertiary/aromatic N) is 4. The summed E-state index contributed by atoms with van der Waals surface area (Å²) in [6.07, 6.45) is 3.47. The van der Waals surface area contributed by atoms with Crippen LogP contribution >= 0.6 is 0 Å². The molecule has 0 N–H and O–H groups in total. The molecule has 0 radical (unpaired) electrons. The van der Waals surface area contributed by atoms with Gasteiger partial charge in [0.1, 0.15) is 0 Å². The van der Waals surface area contributed by atoms with Crippen molar-refractivity contribution in [1.82, 2.24) is 19.6 Å². The topological polar surface area (TPSA) is 13.0 Å². The van der Waals surface area contributed by atoms with E-state index in [2.05, 4.69) is 67.2 Å². The van der Waals surface area contributed by atoms with Crippen molar-refractivity contribution in [3.05, 3.63) is 24.0 Å². The number of hydrogen-bond acceptors (Lipinski definition) is 4. The first kappa shape index (κ1) is 18.1. The number of allylic oxidation sites excluding steroid dienone is 2. The lowest BCUT2D eigenvalue weighted by molar-refractivity contribution is 0.157. The van der Waals surface area contributed by atoms with Gasteiger partial charge in [0.25, 0.3) is 0 Å². The Bertz CT molecular complexity index is 341. The van der Waals surface area contributed by atoms with E-state index in [0.29, 0.717) is 0 Å². The maximum Gasteiger partial charge on any atom is 0.0311 e. The fraction of sp³-hybridized carbons (Fsp3) is 0.765. The summed E-state index contributed by atoms with van der Waals surface area (Å²) in [7, 11) is 6.41. The highest BCUT2D eigenvalue weighted by atomic mass is 15.3. The van der Waals surface area contributed by atoms with Crippen molar-refractivity contribution in [2.75, 3.05) is 67.0 Å². The minimum atomic E-state index is 1.04. The summed E-state index contributed by atoms with van der Waals surface area (Å²) in [5, 5.41) is 0. The van der Waals surface area contributed by atoms with Crippen molar-refractivity contribution in [2.45, 2.75) is 20.3 Å². The molecule has 1 aliphatic rings. The molecule has 1 fully saturated rings. The van der Waals surface area contributed by atoms with Gasteiger partial charge in [-0.2, -0.15) is 0 Å². The van der Waals surface area contributed by atoms with Crippen molar-refractivity contribution < 1.29 is 0 Å². The van der Waals surface area contributed by atoms with Gasteiger partial charge in [-0.15, -0.1) is 0 Å². The monoisotopic (exact) mass is 294 g/mol. The molecule has 4 nitrogen and oxygen atoms in total. The molecular formula is C17H34N4. The maximum atomic E-state index is 4.24. The van der Waals surface area contributed by atoms with E-state index in [0.717, 1.165) is 38.4 Å². The van der Waals surface area contributed by atoms with Crippen molar-refractivity contribution in [3.63, 3.8) is 0 Å². The molecule has 0 unspecified atom stereocenters. The Morgan fingerprint density at radius 3 is 2.29 bits per heavy atom. The van der Waals surface area contributed by atoms with Gasteiger partial charge in [0.05, 0.1) is 0 Å². The summed E-state index contributed by atoms with van der Waals surface area (Å²) in [5.41, 5.74) is 2.44. The van der Waals surface area contributed by atoms with Crippen LogP contribution in [0.25, 0.3) is 0 Å². The van der Waals surface area contributed by atoms with E-state index in [9.17, 15) is 0 Å². The normalized spacial score (nSPS) is 17.4. The standard InChI is InChI=1S/C17H34N4/c1-7-19(6)16(2)15-17(3)21-13-11-20(12-14-21)10-8-9-18(4)5/h15H,3,7-14H2,1-2,4-6H3/b16-15-. The zero-order chi connectivity index (χ0) is 15.8. The van der Waals surface area contributed by atoms with Crippen LogP contribution in [0.3, 0.4) is 0 Å². The SMILES string of the molecule is C=C(/C=C(/C)N(C)CC)N1CCN(CCCN(C)C)CC1. The molecule has 1 aliphatic heterocycles. The van der Waals surface area contributed by atoms with Crippen LogP contribution in [0.1, 0.15) is 20.3 Å². The third-order valence-corrected chi connectivity index (χ3v) is 4.31. The van der Waals surface area contributed by atoms with Crippen LogP contribution < -0.4 is 0 Å². The number of hydrogen-bond donors (Lipinski definition) is 0. The third kappa shape index (κ3) is 6.53. The third-order valence-electron chi connectivity index (χ3n) is 4.31. The summed E-state index contributed by atoms with van der Waals surface area (Å²) < 4.78 is 0. The average Bonchev–Trinajstić information content (AvgIpc) is 2.46. The molecular weight excluding hydrogens is 260 g/mol. The predicted octanol–water partition coefficient (Wildman–Crippen LogP) is 1.92. The molecule has 0 aromatic carbocycles. The van der Waals surface area contributed by atoms with E-state index in [1.165, 1.54) is 25.2 Å². The van der Waals surface area contributed by atoms with Crippen molar-refractivity contribution >= 4 is 0 Å². The largest absolute Gasteiger partial charge is 0.378 e. The fourth-order valence-electron chi connectivity index (χ4n) is 2.56. The Morgan fingerprint density at radius 1 is 1.14 bits per heavy atom. The van der Waals surface area contributed by atoms with Gasteiger partial charge in [0, 0.05) is 51.2 Å². The second kappa shape index (κ2) is 9.11. The van der Waals surface area contributed by atoms with Crippen LogP contribution in [0.5, 0.6) is 0 Å². The van der Waals surface area contributed by atoms with Crippen LogP contribution in [-0.2, 0) is 0 Å². The molecule has 1 rings (SSSR count). The van der Waals surface area contributed by atoms with Gasteiger partial charge >= 0.3 is 0 Å². The van der Waals surface area contributed by atoms with Crippen LogP contribution in [0.4, 0.5) is 0 Å². The molecule has 0 spiro atoms. The van der Waals surface area contributed by atoms with Gasteiger partial charge < -0.3 is 14.7 Å². The molecule has 1 saturated heterocycles. The predicted molar refractivity (Wildman–Crippen MR) is 92.4 cm³/mol. The van der Waals surface area contributed by atoms with Gasteiger partial charge in [0.15, 0.2) is 0 Å². The van der Waals surface area contributed by atoms with Crippen molar-refractivity contribution in [3.8, 4) is 0 Å². The fourth-order valence-corrected chi connectivity index (χ4v) is 2.56. The highest BCUT2D eigenvalue weighted by Gasteiger charge is 2.16. The highest BCUT2D eigenvalue weighted by Crippen LogP contribution is 2.12. The quantitative estimate of drug-likeness (QED) is 0.634. The lowest BCUT2D eigenvalue weighted by Crippen LogP contribution is -2.46. The van der Waals surface area contributed by atoms with Crippen molar-refractivity contribution in [2.24, 2.45) is 0 Å². The van der Waals surface area contributed by atoms with Crippen LogP contribution in [0.15, 0.2) is 24.0 Å². The van der Waals surface area contributed by atoms with Gasteiger partial charge in [0.2, 0.25) is 0 Å². The van der Waals surface area contributed by atoms with E-state index in [1.807, 2.05) is 0 Å². The molecule has 1 heterocycles. The Kier molecular flexibility index (Phi) is 7.83. The Labute approximate surface area is 131 Å². The summed E-state index contributed by atoms with van der Waals surface area (Å²) in [6.45, 7) is 16.5. The first-order chi connectivity index (χ1) is 9.93. The maximum absolute atomic E-state index is 4.24. The Hall–Kier alpha value is -1.00. The summed E-state index contributed by atoms with van der Waals surface area (Å²) in [5.74, 6) is 0. The lowest BCUT2D eigenvalue weighted by Gasteiger charge is -2.36. The summed E-state index contributed by atoms with van der Waals surface area (Å²) in [4.78, 5) is 9.50. The van der Waals surface area contributed by atoms with E-state index in [-0.39, 0.29) is 0 Å². The first-order valence-corrected chi connectivity index (χ1v) is 8.14. The Balaban J connectivity index is 2.33. The molecule has 122 valence electrons. The van der Waals surface area contributed by atoms with Crippen LogP contribution in [0.2, 0.25) is 0 Å². The van der Waals surface area contributed by atoms with Gasteiger partial charge in [-0.3, -0.25) is 4.90 Å². The van der Waals surface area contributed by atoms with E-state index < -0.39 is 0 Å². The Morgan fingerprint density at radius 2 is 1.76 bits per heavy atom. The summed E-state index contributed by atoms with van der Waals surface area (Å²) >= 11 is 0. The molecule has 0 aliphatic carbocycles. The molecule has 0 aromatic rings. The zero-order valence-corrected chi connectivity index (χ0v) is 14.7. The molecule has 0 bridgehead atoms. The highest BCUT2D eigenvalue weighted by molar-refractivity contribution is 5.18. The molecule has 4 heteroatoms. The molecule has 0 saturated carbocycles. The second-order valence-corrected chi connectivity index (χ2v) is 6.28. The van der Waals surface area contributed by atoms with Gasteiger partial charge in [-0.1, -0.05) is 6.58 Å². The molecule has 21 heavy (non-hydrogen) atoms. The minimum absolute atomic E-state index is 1.04.